The van der Waals surface area contributed by atoms with Crippen molar-refractivity contribution in [3.63, 3.8) is 0 Å². The van der Waals surface area contributed by atoms with Gasteiger partial charge in [-0.05, 0) is 5.56 Å². The van der Waals surface area contributed by atoms with Crippen molar-refractivity contribution < 1.29 is 14.3 Å². The van der Waals surface area contributed by atoms with Gasteiger partial charge in [0.1, 0.15) is 17.1 Å². The molecule has 7 heteroatoms. The third kappa shape index (κ3) is 3.02. The molecule has 0 spiro atoms. The van der Waals surface area contributed by atoms with Crippen molar-refractivity contribution in [1.82, 2.24) is 9.55 Å². The Kier molecular flexibility index (Phi) is 4.70. The summed E-state index contributed by atoms with van der Waals surface area (Å²) >= 11 is 0. The molecule has 0 aliphatic heterocycles. The molecule has 0 saturated heterocycles. The number of rotatable bonds is 5. The van der Waals surface area contributed by atoms with Crippen LogP contribution < -0.4 is 20.8 Å². The largest absolute Gasteiger partial charge is 0.496 e. The molecule has 132 valence electrons. The third-order valence-electron chi connectivity index (χ3n) is 3.89. The van der Waals surface area contributed by atoms with E-state index in [4.69, 9.17) is 15.2 Å². The molecule has 0 aliphatic rings. The Hall–Kier alpha value is -3.61. The van der Waals surface area contributed by atoms with Gasteiger partial charge in [-0.3, -0.25) is 19.1 Å². The van der Waals surface area contributed by atoms with Gasteiger partial charge < -0.3 is 15.2 Å². The number of hydrogen-bond donors (Lipinski definition) is 1. The molecule has 2 heterocycles. The van der Waals surface area contributed by atoms with E-state index in [0.717, 1.165) is 0 Å². The van der Waals surface area contributed by atoms with E-state index in [1.807, 2.05) is 6.07 Å². The summed E-state index contributed by atoms with van der Waals surface area (Å²) in [7, 11) is 2.89. The maximum Gasteiger partial charge on any atom is 0.259 e. The number of nitrogens with two attached hydrogens (primary N) is 1. The standard InChI is InChI=1S/C19H17N3O4/c1-25-14-8-13(10-21-11-14)22-16(23)9-15(26-2)17(19(20)24)18(22)12-6-4-3-5-7-12/h3-11H,1-2H3,(H2,20,24). The number of nitrogens with zero attached hydrogens (tertiary/aromatic N) is 2. The van der Waals surface area contributed by atoms with Gasteiger partial charge in [0.05, 0.1) is 38.0 Å². The summed E-state index contributed by atoms with van der Waals surface area (Å²) < 4.78 is 11.8. The number of benzene rings is 1. The molecule has 0 aliphatic carbocycles. The van der Waals surface area contributed by atoms with Crippen LogP contribution in [0.25, 0.3) is 16.9 Å². The summed E-state index contributed by atoms with van der Waals surface area (Å²) in [4.78, 5) is 29.1. The van der Waals surface area contributed by atoms with Crippen LogP contribution in [-0.4, -0.2) is 29.7 Å². The molecule has 3 aromatic rings. The Morgan fingerprint density at radius 1 is 1.08 bits per heavy atom. The summed E-state index contributed by atoms with van der Waals surface area (Å²) in [6, 6.07) is 11.9. The van der Waals surface area contributed by atoms with Crippen LogP contribution in [0, 0.1) is 0 Å². The van der Waals surface area contributed by atoms with Crippen LogP contribution in [-0.2, 0) is 0 Å². The third-order valence-corrected chi connectivity index (χ3v) is 3.89. The van der Waals surface area contributed by atoms with E-state index >= 15 is 0 Å². The van der Waals surface area contributed by atoms with Crippen LogP contribution in [0.1, 0.15) is 10.4 Å². The van der Waals surface area contributed by atoms with Gasteiger partial charge in [0.15, 0.2) is 0 Å². The van der Waals surface area contributed by atoms with Gasteiger partial charge in [0, 0.05) is 12.1 Å². The van der Waals surface area contributed by atoms with Crippen LogP contribution in [0.2, 0.25) is 0 Å². The normalized spacial score (nSPS) is 10.4. The monoisotopic (exact) mass is 351 g/mol. The van der Waals surface area contributed by atoms with E-state index in [9.17, 15) is 9.59 Å². The van der Waals surface area contributed by atoms with Crippen LogP contribution in [0.4, 0.5) is 0 Å². The smallest absolute Gasteiger partial charge is 0.259 e. The topological polar surface area (TPSA) is 96.4 Å². The van der Waals surface area contributed by atoms with Crippen molar-refractivity contribution in [2.24, 2.45) is 5.73 Å². The van der Waals surface area contributed by atoms with Crippen LogP contribution in [0.15, 0.2) is 59.7 Å². The van der Waals surface area contributed by atoms with E-state index in [-0.39, 0.29) is 16.9 Å². The SMILES string of the molecule is COc1cncc(-n2c(-c3ccccc3)c(C(N)=O)c(OC)cc2=O)c1. The van der Waals surface area contributed by atoms with E-state index in [0.29, 0.717) is 22.7 Å². The first-order valence-electron chi connectivity index (χ1n) is 7.75. The highest BCUT2D eigenvalue weighted by molar-refractivity contribution is 6.02. The lowest BCUT2D eigenvalue weighted by molar-refractivity contribution is 0.0997. The summed E-state index contributed by atoms with van der Waals surface area (Å²) in [6.07, 6.45) is 3.03. The Bertz CT molecular complexity index is 1010. The van der Waals surface area contributed by atoms with Crippen LogP contribution in [0.5, 0.6) is 11.5 Å². The van der Waals surface area contributed by atoms with Crippen molar-refractivity contribution >= 4 is 5.91 Å². The molecule has 1 aromatic carbocycles. The Labute approximate surface area is 149 Å². The summed E-state index contributed by atoms with van der Waals surface area (Å²) in [5, 5.41) is 0. The van der Waals surface area contributed by atoms with E-state index in [1.54, 1.807) is 30.3 Å². The average Bonchev–Trinajstić information content (AvgIpc) is 2.67. The van der Waals surface area contributed by atoms with E-state index in [1.165, 1.54) is 37.2 Å². The molecule has 0 fully saturated rings. The number of ether oxygens (including phenoxy) is 2. The first-order chi connectivity index (χ1) is 12.6. The van der Waals surface area contributed by atoms with Gasteiger partial charge in [-0.25, -0.2) is 0 Å². The Morgan fingerprint density at radius 3 is 2.42 bits per heavy atom. The number of amides is 1. The average molecular weight is 351 g/mol. The lowest BCUT2D eigenvalue weighted by atomic mass is 10.0. The molecule has 7 nitrogen and oxygen atoms in total. The van der Waals surface area contributed by atoms with Crippen molar-refractivity contribution in [2.45, 2.75) is 0 Å². The molecule has 0 saturated carbocycles. The fourth-order valence-corrected chi connectivity index (χ4v) is 2.75. The Morgan fingerprint density at radius 2 is 1.81 bits per heavy atom. The number of methoxy groups -OCH3 is 2. The zero-order chi connectivity index (χ0) is 18.7. The maximum atomic E-state index is 12.8. The van der Waals surface area contributed by atoms with Gasteiger partial charge in [-0.15, -0.1) is 0 Å². The molecule has 0 unspecified atom stereocenters. The quantitative estimate of drug-likeness (QED) is 0.758. The highest BCUT2D eigenvalue weighted by atomic mass is 16.5. The fourth-order valence-electron chi connectivity index (χ4n) is 2.75. The van der Waals surface area contributed by atoms with Crippen molar-refractivity contribution in [1.29, 1.82) is 0 Å². The summed E-state index contributed by atoms with van der Waals surface area (Å²) in [5.41, 5.74) is 6.74. The summed E-state index contributed by atoms with van der Waals surface area (Å²) in [6.45, 7) is 0. The highest BCUT2D eigenvalue weighted by Crippen LogP contribution is 2.31. The van der Waals surface area contributed by atoms with E-state index in [2.05, 4.69) is 4.98 Å². The van der Waals surface area contributed by atoms with E-state index < -0.39 is 5.91 Å². The maximum absolute atomic E-state index is 12.8. The molecule has 1 amide bonds. The molecule has 0 bridgehead atoms. The molecule has 2 N–H and O–H groups in total. The molecule has 2 aromatic heterocycles. The van der Waals surface area contributed by atoms with Crippen LogP contribution in [0.3, 0.4) is 0 Å². The minimum absolute atomic E-state index is 0.112. The first-order valence-corrected chi connectivity index (χ1v) is 7.75. The van der Waals surface area contributed by atoms with Crippen LogP contribution >= 0.6 is 0 Å². The van der Waals surface area contributed by atoms with Gasteiger partial charge in [-0.2, -0.15) is 0 Å². The number of primary amides is 1. The fraction of sp³-hybridized carbons (Fsp3) is 0.105. The van der Waals surface area contributed by atoms with Crippen molar-refractivity contribution in [3.8, 4) is 28.4 Å². The first kappa shape index (κ1) is 17.2. The number of carbonyl (C=O) groups excluding carboxylic acids is 1. The molecule has 0 atom stereocenters. The lowest BCUT2D eigenvalue weighted by Gasteiger charge is -2.18. The predicted octanol–water partition coefficient (Wildman–Crippen LogP) is 2.02. The van der Waals surface area contributed by atoms with Gasteiger partial charge in [0.25, 0.3) is 11.5 Å². The predicted molar refractivity (Wildman–Crippen MR) is 96.9 cm³/mol. The second-order valence-corrected chi connectivity index (χ2v) is 5.42. The number of aromatic nitrogens is 2. The second kappa shape index (κ2) is 7.10. The molecule has 0 radical (unpaired) electrons. The zero-order valence-electron chi connectivity index (χ0n) is 14.3. The minimum atomic E-state index is -0.703. The molecular formula is C19H17N3O4. The number of pyridine rings is 2. The minimum Gasteiger partial charge on any atom is -0.496 e. The van der Waals surface area contributed by atoms with Gasteiger partial charge >= 0.3 is 0 Å². The van der Waals surface area contributed by atoms with Crippen molar-refractivity contribution in [3.05, 3.63) is 70.8 Å². The number of hydrogen-bond acceptors (Lipinski definition) is 5. The molecule has 3 rings (SSSR count). The molecular weight excluding hydrogens is 334 g/mol. The summed E-state index contributed by atoms with van der Waals surface area (Å²) in [5.74, 6) is -0.108. The highest BCUT2D eigenvalue weighted by Gasteiger charge is 2.23. The second-order valence-electron chi connectivity index (χ2n) is 5.42. The van der Waals surface area contributed by atoms with Gasteiger partial charge in [0.2, 0.25) is 0 Å². The Balaban J connectivity index is 2.45. The number of carbonyl (C=O) groups is 1. The van der Waals surface area contributed by atoms with Crippen molar-refractivity contribution in [2.75, 3.05) is 14.2 Å². The molecule has 26 heavy (non-hydrogen) atoms. The lowest BCUT2D eigenvalue weighted by Crippen LogP contribution is -2.25. The zero-order valence-corrected chi connectivity index (χ0v) is 14.3. The van der Waals surface area contributed by atoms with Gasteiger partial charge in [-0.1, -0.05) is 30.3 Å².